The Balaban J connectivity index is 1.55. The van der Waals surface area contributed by atoms with E-state index < -0.39 is 29.9 Å². The SMILES string of the molecule is CC(C)[C@@H]1COc2ccccc2C(=O)N[C@H](C(=O)N2CCN(c3ccccc3)CC2)CCC(=O)N[C@@H](CCCN=C(N)N)C(=O)N1. The molecule has 1 fully saturated rings. The van der Waals surface area contributed by atoms with Crippen LogP contribution >= 0.6 is 0 Å². The van der Waals surface area contributed by atoms with Crippen LogP contribution in [0, 0.1) is 5.92 Å². The Kier molecular flexibility index (Phi) is 12.2. The monoisotopic (exact) mass is 634 g/mol. The van der Waals surface area contributed by atoms with Gasteiger partial charge in [-0.15, -0.1) is 0 Å². The predicted octanol–water partition coefficient (Wildman–Crippen LogP) is 0.986. The van der Waals surface area contributed by atoms with Gasteiger partial charge in [-0.05, 0) is 49.4 Å². The first kappa shape index (κ1) is 34.1. The minimum Gasteiger partial charge on any atom is -0.491 e. The molecule has 2 aromatic carbocycles. The molecule has 4 amide bonds. The van der Waals surface area contributed by atoms with E-state index in [-0.39, 0.29) is 48.7 Å². The van der Waals surface area contributed by atoms with E-state index in [0.29, 0.717) is 51.3 Å². The van der Waals surface area contributed by atoms with E-state index in [2.05, 4.69) is 25.8 Å². The summed E-state index contributed by atoms with van der Waals surface area (Å²) in [6, 6.07) is 14.6. The van der Waals surface area contributed by atoms with Crippen molar-refractivity contribution in [1.82, 2.24) is 20.9 Å². The van der Waals surface area contributed by atoms with Crippen LogP contribution in [0.15, 0.2) is 59.6 Å². The molecule has 2 aromatic rings. The molecule has 2 aliphatic rings. The van der Waals surface area contributed by atoms with Crippen LogP contribution in [-0.2, 0) is 14.4 Å². The summed E-state index contributed by atoms with van der Waals surface area (Å²) in [6.45, 7) is 6.52. The van der Waals surface area contributed by atoms with Gasteiger partial charge in [0.25, 0.3) is 5.91 Å². The van der Waals surface area contributed by atoms with E-state index in [0.717, 1.165) is 5.69 Å². The Morgan fingerprint density at radius 3 is 2.35 bits per heavy atom. The van der Waals surface area contributed by atoms with Gasteiger partial charge in [0, 0.05) is 44.8 Å². The first-order chi connectivity index (χ1) is 22.1. The molecule has 2 aliphatic heterocycles. The molecular formula is C33H46N8O5. The smallest absolute Gasteiger partial charge is 0.255 e. The lowest BCUT2D eigenvalue weighted by Crippen LogP contribution is -2.55. The number of nitrogens with zero attached hydrogens (tertiary/aromatic N) is 3. The zero-order valence-corrected chi connectivity index (χ0v) is 26.6. The fourth-order valence-corrected chi connectivity index (χ4v) is 5.50. The predicted molar refractivity (Wildman–Crippen MR) is 176 cm³/mol. The van der Waals surface area contributed by atoms with E-state index in [1.54, 1.807) is 29.2 Å². The number of ether oxygens (including phenoxy) is 1. The Bertz CT molecular complexity index is 1370. The van der Waals surface area contributed by atoms with Gasteiger partial charge in [0.15, 0.2) is 5.96 Å². The van der Waals surface area contributed by atoms with Crippen molar-refractivity contribution >= 4 is 35.3 Å². The molecule has 4 rings (SSSR count). The molecule has 3 atom stereocenters. The number of aliphatic imine (C=N–C) groups is 1. The molecule has 7 N–H and O–H groups in total. The highest BCUT2D eigenvalue weighted by Gasteiger charge is 2.32. The molecule has 13 heteroatoms. The zero-order chi connectivity index (χ0) is 33.1. The minimum atomic E-state index is -0.961. The highest BCUT2D eigenvalue weighted by Crippen LogP contribution is 2.21. The van der Waals surface area contributed by atoms with Gasteiger partial charge in [-0.3, -0.25) is 24.2 Å². The number of piperazine rings is 1. The first-order valence-corrected chi connectivity index (χ1v) is 15.9. The maximum Gasteiger partial charge on any atom is 0.255 e. The summed E-state index contributed by atoms with van der Waals surface area (Å²) in [5.41, 5.74) is 12.2. The van der Waals surface area contributed by atoms with Crippen molar-refractivity contribution in [2.24, 2.45) is 22.4 Å². The molecule has 0 aliphatic carbocycles. The summed E-state index contributed by atoms with van der Waals surface area (Å²) in [7, 11) is 0. The Morgan fingerprint density at radius 2 is 1.65 bits per heavy atom. The van der Waals surface area contributed by atoms with Crippen LogP contribution < -0.4 is 37.1 Å². The largest absolute Gasteiger partial charge is 0.491 e. The summed E-state index contributed by atoms with van der Waals surface area (Å²) >= 11 is 0. The number of hydrogen-bond donors (Lipinski definition) is 5. The quantitative estimate of drug-likeness (QED) is 0.170. The third-order valence-electron chi connectivity index (χ3n) is 8.26. The Hall–Kier alpha value is -4.81. The number of anilines is 1. The highest BCUT2D eigenvalue weighted by molar-refractivity contribution is 6.00. The maximum atomic E-state index is 13.9. The zero-order valence-electron chi connectivity index (χ0n) is 26.6. The summed E-state index contributed by atoms with van der Waals surface area (Å²) in [5.74, 6) is -1.23. The van der Waals surface area contributed by atoms with Gasteiger partial charge < -0.3 is 42.0 Å². The molecule has 2 heterocycles. The Labute approximate surface area is 270 Å². The van der Waals surface area contributed by atoms with E-state index in [1.807, 2.05) is 44.2 Å². The van der Waals surface area contributed by atoms with Crippen LogP contribution in [0.25, 0.3) is 0 Å². The third-order valence-corrected chi connectivity index (χ3v) is 8.26. The molecule has 0 saturated carbocycles. The number of hydrogen-bond acceptors (Lipinski definition) is 7. The second-order valence-corrected chi connectivity index (χ2v) is 11.9. The third kappa shape index (κ3) is 9.59. The number of benzene rings is 2. The number of fused-ring (bicyclic) bond motifs is 1. The second kappa shape index (κ2) is 16.5. The van der Waals surface area contributed by atoms with Crippen LogP contribution in [-0.4, -0.2) is 91.9 Å². The van der Waals surface area contributed by atoms with Gasteiger partial charge in [-0.2, -0.15) is 0 Å². The van der Waals surface area contributed by atoms with Crippen molar-refractivity contribution in [3.63, 3.8) is 0 Å². The molecule has 0 radical (unpaired) electrons. The second-order valence-electron chi connectivity index (χ2n) is 11.9. The lowest BCUT2D eigenvalue weighted by atomic mass is 10.0. The van der Waals surface area contributed by atoms with Gasteiger partial charge in [-0.1, -0.05) is 44.2 Å². The topological polar surface area (TPSA) is 184 Å². The maximum absolute atomic E-state index is 13.9. The fourth-order valence-electron chi connectivity index (χ4n) is 5.50. The van der Waals surface area contributed by atoms with E-state index in [1.165, 1.54) is 0 Å². The lowest BCUT2D eigenvalue weighted by molar-refractivity contribution is -0.134. The average molecular weight is 635 g/mol. The number of nitrogens with two attached hydrogens (primary N) is 2. The normalized spacial score (nSPS) is 21.5. The standard InChI is InChI=1S/C33H46N8O5/c1-22(2)27-21-46-28-13-7-6-11-24(28)30(43)38-26(32(45)41-19-17-40(18-20-41)23-9-4-3-5-10-23)14-15-29(42)37-25(31(44)39-27)12-8-16-36-33(34)35/h3-7,9-11,13,22,25-27H,8,12,14-21H2,1-2H3,(H,37,42)(H,38,43)(H,39,44)(H4,34,35,36)/t25-,26-,27-/m0/s1. The van der Waals surface area contributed by atoms with Crippen LogP contribution in [0.1, 0.15) is 49.9 Å². The van der Waals surface area contributed by atoms with Gasteiger partial charge >= 0.3 is 0 Å². The summed E-state index contributed by atoms with van der Waals surface area (Å²) in [4.78, 5) is 62.1. The van der Waals surface area contributed by atoms with Crippen LogP contribution in [0.2, 0.25) is 0 Å². The van der Waals surface area contributed by atoms with Crippen molar-refractivity contribution in [3.05, 3.63) is 60.2 Å². The van der Waals surface area contributed by atoms with Crippen molar-refractivity contribution in [3.8, 4) is 5.75 Å². The van der Waals surface area contributed by atoms with Crippen LogP contribution in [0.4, 0.5) is 5.69 Å². The van der Waals surface area contributed by atoms with E-state index in [4.69, 9.17) is 16.2 Å². The molecule has 0 bridgehead atoms. The number of carbonyl (C=O) groups excluding carboxylic acids is 4. The van der Waals surface area contributed by atoms with E-state index in [9.17, 15) is 19.2 Å². The van der Waals surface area contributed by atoms with Crippen molar-refractivity contribution in [2.75, 3.05) is 44.2 Å². The summed E-state index contributed by atoms with van der Waals surface area (Å²) < 4.78 is 6.09. The Morgan fingerprint density at radius 1 is 0.957 bits per heavy atom. The number of guanidine groups is 1. The molecule has 46 heavy (non-hydrogen) atoms. The number of amides is 4. The van der Waals surface area contributed by atoms with Crippen molar-refractivity contribution in [2.45, 2.75) is 57.7 Å². The minimum absolute atomic E-state index is 0.0111. The van der Waals surface area contributed by atoms with Gasteiger partial charge in [-0.25, -0.2) is 0 Å². The molecule has 13 nitrogen and oxygen atoms in total. The molecule has 1 saturated heterocycles. The van der Waals surface area contributed by atoms with Gasteiger partial charge in [0.1, 0.15) is 24.4 Å². The van der Waals surface area contributed by atoms with Gasteiger partial charge in [0.05, 0.1) is 11.6 Å². The fraction of sp³-hybridized carbons (Fsp3) is 0.485. The number of para-hydroxylation sites is 2. The number of nitrogens with one attached hydrogen (secondary N) is 3. The molecular weight excluding hydrogens is 588 g/mol. The summed E-state index contributed by atoms with van der Waals surface area (Å²) in [6.07, 6.45) is 0.728. The van der Waals surface area contributed by atoms with Crippen LogP contribution in [0.5, 0.6) is 5.75 Å². The number of carbonyl (C=O) groups is 4. The first-order valence-electron chi connectivity index (χ1n) is 15.9. The van der Waals surface area contributed by atoms with Crippen LogP contribution in [0.3, 0.4) is 0 Å². The summed E-state index contributed by atoms with van der Waals surface area (Å²) in [5, 5.41) is 8.72. The lowest BCUT2D eigenvalue weighted by Gasteiger charge is -2.37. The molecule has 248 valence electrons. The number of rotatable bonds is 7. The molecule has 0 aromatic heterocycles. The average Bonchev–Trinajstić information content (AvgIpc) is 3.06. The molecule has 0 spiro atoms. The molecule has 0 unspecified atom stereocenters. The highest BCUT2D eigenvalue weighted by atomic mass is 16.5. The van der Waals surface area contributed by atoms with Crippen molar-refractivity contribution in [1.29, 1.82) is 0 Å². The van der Waals surface area contributed by atoms with E-state index >= 15 is 0 Å². The van der Waals surface area contributed by atoms with Crippen molar-refractivity contribution < 1.29 is 23.9 Å². The van der Waals surface area contributed by atoms with Gasteiger partial charge in [0.2, 0.25) is 17.7 Å².